The summed E-state index contributed by atoms with van der Waals surface area (Å²) < 4.78 is 53.3. The van der Waals surface area contributed by atoms with E-state index < -0.39 is 31.5 Å². The van der Waals surface area contributed by atoms with Crippen LogP contribution in [0.1, 0.15) is 0 Å². The number of hydrogen-bond donors (Lipinski definition) is 1. The highest BCUT2D eigenvalue weighted by atomic mass is 79.9. The van der Waals surface area contributed by atoms with E-state index in [2.05, 4.69) is 15.9 Å². The second-order valence-electron chi connectivity index (χ2n) is 3.06. The van der Waals surface area contributed by atoms with Crippen LogP contribution in [0.25, 0.3) is 0 Å². The van der Waals surface area contributed by atoms with Crippen LogP contribution in [-0.4, -0.2) is 32.9 Å². The third-order valence-electron chi connectivity index (χ3n) is 1.78. The highest BCUT2D eigenvalue weighted by molar-refractivity contribution is 9.10. The molecule has 0 unspecified atom stereocenters. The predicted molar refractivity (Wildman–Crippen MR) is 62.6 cm³/mol. The van der Waals surface area contributed by atoms with Gasteiger partial charge in [-0.15, -0.1) is 0 Å². The van der Waals surface area contributed by atoms with E-state index in [-0.39, 0.29) is 4.90 Å². The molecule has 0 radical (unpaired) electrons. The van der Waals surface area contributed by atoms with Crippen LogP contribution in [0.3, 0.4) is 0 Å². The summed E-state index contributed by atoms with van der Waals surface area (Å²) in [6.45, 7) is 0. The molecule has 5 nitrogen and oxygen atoms in total. The molecule has 0 aliphatic rings. The van der Waals surface area contributed by atoms with Gasteiger partial charge in [0.25, 0.3) is 10.1 Å². The number of rotatable bonds is 4. The summed E-state index contributed by atoms with van der Waals surface area (Å²) in [5.74, 6) is -1.43. The number of halogens is 1. The van der Waals surface area contributed by atoms with Crippen LogP contribution in [-0.2, 0) is 20.0 Å². The van der Waals surface area contributed by atoms with Gasteiger partial charge in [0.05, 0.1) is 16.4 Å². The maximum Gasteiger partial charge on any atom is 0.265 e. The molecule has 1 aromatic carbocycles. The van der Waals surface area contributed by atoms with E-state index in [0.29, 0.717) is 0 Å². The van der Waals surface area contributed by atoms with Gasteiger partial charge in [-0.2, -0.15) is 8.42 Å². The second-order valence-corrected chi connectivity index (χ2v) is 7.66. The van der Waals surface area contributed by atoms with Crippen molar-refractivity contribution in [1.29, 1.82) is 0 Å². The van der Waals surface area contributed by atoms with Crippen molar-refractivity contribution < 1.29 is 21.4 Å². The molecular weight excluding hydrogens is 320 g/mol. The Morgan fingerprint density at radius 2 is 1.50 bits per heavy atom. The van der Waals surface area contributed by atoms with Crippen LogP contribution in [0.4, 0.5) is 0 Å². The van der Waals surface area contributed by atoms with Crippen molar-refractivity contribution in [2.75, 3.05) is 11.5 Å². The molecule has 0 spiro atoms. The maximum atomic E-state index is 11.6. The summed E-state index contributed by atoms with van der Waals surface area (Å²) in [5, 5.41) is 0. The van der Waals surface area contributed by atoms with Crippen molar-refractivity contribution in [2.45, 2.75) is 4.90 Å². The second kappa shape index (κ2) is 4.82. The molecular formula is C8H9BrO5S2. The first kappa shape index (κ1) is 13.6. The van der Waals surface area contributed by atoms with Gasteiger partial charge in [-0.25, -0.2) is 8.42 Å². The lowest BCUT2D eigenvalue weighted by Gasteiger charge is -2.03. The first-order chi connectivity index (χ1) is 7.21. The summed E-state index contributed by atoms with van der Waals surface area (Å²) in [6.07, 6.45) is 0. The summed E-state index contributed by atoms with van der Waals surface area (Å²) in [7, 11) is -7.93. The van der Waals surface area contributed by atoms with Crippen LogP contribution in [0.5, 0.6) is 0 Å². The monoisotopic (exact) mass is 328 g/mol. The Labute approximate surface area is 102 Å². The van der Waals surface area contributed by atoms with Crippen LogP contribution in [0, 0.1) is 0 Å². The van der Waals surface area contributed by atoms with Crippen molar-refractivity contribution in [3.05, 3.63) is 28.7 Å². The molecule has 0 fully saturated rings. The smallest absolute Gasteiger partial charge is 0.265 e. The van der Waals surface area contributed by atoms with Crippen molar-refractivity contribution in [2.24, 2.45) is 0 Å². The molecule has 90 valence electrons. The summed E-state index contributed by atoms with van der Waals surface area (Å²) >= 11 is 3.15. The molecule has 0 aromatic heterocycles. The Bertz CT molecular complexity index is 559. The fourth-order valence-electron chi connectivity index (χ4n) is 0.975. The third-order valence-corrected chi connectivity index (χ3v) is 5.02. The zero-order valence-electron chi connectivity index (χ0n) is 8.00. The SMILES string of the molecule is O=S(=O)(O)CCS(=O)(=O)c1ccc(Br)cc1. The topological polar surface area (TPSA) is 88.5 Å². The Kier molecular flexibility index (Phi) is 4.11. The third kappa shape index (κ3) is 4.20. The average molecular weight is 329 g/mol. The Morgan fingerprint density at radius 1 is 1.00 bits per heavy atom. The number of benzene rings is 1. The molecule has 0 bridgehead atoms. The quantitative estimate of drug-likeness (QED) is 0.836. The summed E-state index contributed by atoms with van der Waals surface area (Å²) in [5.41, 5.74) is 0. The van der Waals surface area contributed by atoms with E-state index in [1.165, 1.54) is 12.1 Å². The van der Waals surface area contributed by atoms with Gasteiger partial charge in [0.2, 0.25) is 0 Å². The first-order valence-electron chi connectivity index (χ1n) is 4.14. The lowest BCUT2D eigenvalue weighted by Crippen LogP contribution is -2.16. The molecule has 16 heavy (non-hydrogen) atoms. The largest absolute Gasteiger partial charge is 0.286 e. The predicted octanol–water partition coefficient (Wildman–Crippen LogP) is 1.11. The van der Waals surface area contributed by atoms with Crippen molar-refractivity contribution >= 4 is 35.9 Å². The highest BCUT2D eigenvalue weighted by Gasteiger charge is 2.17. The fourth-order valence-corrected chi connectivity index (χ4v) is 3.75. The van der Waals surface area contributed by atoms with Gasteiger partial charge in [0.15, 0.2) is 9.84 Å². The molecule has 0 atom stereocenters. The molecule has 0 aliphatic carbocycles. The highest BCUT2D eigenvalue weighted by Crippen LogP contribution is 2.16. The van der Waals surface area contributed by atoms with Crippen LogP contribution >= 0.6 is 15.9 Å². The van der Waals surface area contributed by atoms with Crippen LogP contribution < -0.4 is 0 Å². The van der Waals surface area contributed by atoms with E-state index >= 15 is 0 Å². The van der Waals surface area contributed by atoms with Crippen LogP contribution in [0.2, 0.25) is 0 Å². The van der Waals surface area contributed by atoms with Gasteiger partial charge in [-0.1, -0.05) is 15.9 Å². The molecule has 0 heterocycles. The molecule has 0 saturated heterocycles. The van der Waals surface area contributed by atoms with E-state index in [0.717, 1.165) is 4.47 Å². The minimum Gasteiger partial charge on any atom is -0.286 e. The zero-order valence-corrected chi connectivity index (χ0v) is 11.2. The normalized spacial score (nSPS) is 12.6. The maximum absolute atomic E-state index is 11.6. The van der Waals surface area contributed by atoms with E-state index in [1.807, 2.05) is 0 Å². The Balaban J connectivity index is 2.91. The molecule has 0 aliphatic heterocycles. The zero-order chi connectivity index (χ0) is 12.4. The van der Waals surface area contributed by atoms with E-state index in [1.54, 1.807) is 12.1 Å². The average Bonchev–Trinajstić information content (AvgIpc) is 2.15. The van der Waals surface area contributed by atoms with Gasteiger partial charge in [0, 0.05) is 4.47 Å². The lowest BCUT2D eigenvalue weighted by atomic mass is 10.4. The minimum absolute atomic E-state index is 0.0272. The van der Waals surface area contributed by atoms with Gasteiger partial charge in [0.1, 0.15) is 0 Å². The number of sulfone groups is 1. The van der Waals surface area contributed by atoms with Gasteiger partial charge in [-0.3, -0.25) is 4.55 Å². The van der Waals surface area contributed by atoms with Crippen LogP contribution in [0.15, 0.2) is 33.6 Å². The first-order valence-corrected chi connectivity index (χ1v) is 8.20. The summed E-state index contributed by atoms with van der Waals surface area (Å²) in [4.78, 5) is 0.0272. The molecule has 1 N–H and O–H groups in total. The van der Waals surface area contributed by atoms with E-state index in [9.17, 15) is 16.8 Å². The van der Waals surface area contributed by atoms with Crippen molar-refractivity contribution in [3.8, 4) is 0 Å². The molecule has 8 heteroatoms. The summed E-state index contributed by atoms with van der Waals surface area (Å²) in [6, 6.07) is 5.81. The number of hydrogen-bond acceptors (Lipinski definition) is 4. The minimum atomic E-state index is -4.26. The van der Waals surface area contributed by atoms with Gasteiger partial charge < -0.3 is 0 Å². The molecule has 1 aromatic rings. The van der Waals surface area contributed by atoms with E-state index in [4.69, 9.17) is 4.55 Å². The standard InChI is InChI=1S/C8H9BrO5S2/c9-7-1-3-8(4-2-7)15(10,11)5-6-16(12,13)14/h1-4H,5-6H2,(H,12,13,14). The molecule has 0 saturated carbocycles. The Hall–Kier alpha value is -0.440. The van der Waals surface area contributed by atoms with Gasteiger partial charge in [-0.05, 0) is 24.3 Å². The molecule has 0 amide bonds. The lowest BCUT2D eigenvalue weighted by molar-refractivity contribution is 0.484. The Morgan fingerprint density at radius 3 is 1.94 bits per heavy atom. The van der Waals surface area contributed by atoms with Crippen molar-refractivity contribution in [3.63, 3.8) is 0 Å². The fraction of sp³-hybridized carbons (Fsp3) is 0.250. The van der Waals surface area contributed by atoms with Crippen molar-refractivity contribution in [1.82, 2.24) is 0 Å². The van der Waals surface area contributed by atoms with Gasteiger partial charge >= 0.3 is 0 Å². The molecule has 1 rings (SSSR count).